The average Bonchev–Trinajstić information content (AvgIpc) is 2.96. The maximum Gasteiger partial charge on any atom is 0.245 e. The van der Waals surface area contributed by atoms with Crippen LogP contribution in [-0.2, 0) is 26.1 Å². The van der Waals surface area contributed by atoms with Crippen molar-refractivity contribution in [1.29, 1.82) is 0 Å². The Hall–Kier alpha value is -2.50. The van der Waals surface area contributed by atoms with Crippen LogP contribution in [0.15, 0.2) is 47.4 Å². The number of hydrogen-bond donors (Lipinski definition) is 1. The number of carbonyl (C=O) groups is 1. The number of amides is 1. The fourth-order valence-corrected chi connectivity index (χ4v) is 7.99. The number of sulfonamides is 1. The molecule has 1 N–H and O–H groups in total. The van der Waals surface area contributed by atoms with Crippen LogP contribution < -0.4 is 10.1 Å². The third-order valence-electron chi connectivity index (χ3n) is 8.04. The van der Waals surface area contributed by atoms with E-state index in [0.29, 0.717) is 41.3 Å². The third kappa shape index (κ3) is 8.75. The molecule has 226 valence electrons. The predicted octanol–water partition coefficient (Wildman–Crippen LogP) is 3.20. The van der Waals surface area contributed by atoms with E-state index in [4.69, 9.17) is 9.47 Å². The molecule has 2 aliphatic heterocycles. The number of piperazine rings is 1. The highest BCUT2D eigenvalue weighted by Gasteiger charge is 2.35. The van der Waals surface area contributed by atoms with Gasteiger partial charge in [-0.25, -0.2) is 8.42 Å². The number of methoxy groups -OCH3 is 1. The van der Waals surface area contributed by atoms with Crippen LogP contribution >= 0.6 is 0 Å². The Balaban J connectivity index is 1.15. The summed E-state index contributed by atoms with van der Waals surface area (Å²) in [5.41, 5.74) is 2.69. The van der Waals surface area contributed by atoms with Crippen molar-refractivity contribution in [2.75, 3.05) is 66.1 Å². The quantitative estimate of drug-likeness (QED) is 0.361. The highest BCUT2D eigenvalue weighted by Crippen LogP contribution is 2.32. The maximum atomic E-state index is 13.7. The average molecular weight is 587 g/mol. The first-order chi connectivity index (χ1) is 19.8. The van der Waals surface area contributed by atoms with Gasteiger partial charge in [0.2, 0.25) is 15.9 Å². The number of rotatable bonds is 13. The largest absolute Gasteiger partial charge is 0.497 e. The number of nitrogens with zero attached hydrogens (tertiary/aromatic N) is 3. The summed E-state index contributed by atoms with van der Waals surface area (Å²) in [7, 11) is -2.13. The van der Waals surface area contributed by atoms with E-state index >= 15 is 0 Å². The van der Waals surface area contributed by atoms with Gasteiger partial charge in [0.1, 0.15) is 12.4 Å². The zero-order valence-corrected chi connectivity index (χ0v) is 25.6. The minimum absolute atomic E-state index is 0.0663. The van der Waals surface area contributed by atoms with Gasteiger partial charge < -0.3 is 19.7 Å². The van der Waals surface area contributed by atoms with E-state index in [9.17, 15) is 13.2 Å². The number of carbonyl (C=O) groups excluding carboxylic acids is 1. The fraction of sp³-hybridized carbons (Fsp3) is 0.581. The Labute approximate surface area is 245 Å². The summed E-state index contributed by atoms with van der Waals surface area (Å²) in [6.45, 7) is 10.9. The molecule has 0 radical (unpaired) electrons. The molecule has 1 unspecified atom stereocenters. The second kappa shape index (κ2) is 15.1. The van der Waals surface area contributed by atoms with Crippen molar-refractivity contribution in [1.82, 2.24) is 19.4 Å². The Morgan fingerprint density at radius 3 is 2.34 bits per heavy atom. The topological polar surface area (TPSA) is 91.4 Å². The van der Waals surface area contributed by atoms with Gasteiger partial charge in [-0.1, -0.05) is 36.8 Å². The number of ether oxygens (including phenoxy) is 2. The summed E-state index contributed by atoms with van der Waals surface area (Å²) in [6, 6.07) is 13.8. The van der Waals surface area contributed by atoms with Crippen LogP contribution in [-0.4, -0.2) is 101 Å². The molecule has 2 aromatic carbocycles. The van der Waals surface area contributed by atoms with Gasteiger partial charge >= 0.3 is 0 Å². The lowest BCUT2D eigenvalue weighted by Gasteiger charge is -2.35. The lowest BCUT2D eigenvalue weighted by molar-refractivity contribution is -0.126. The third-order valence-corrected chi connectivity index (χ3v) is 10.3. The zero-order valence-electron chi connectivity index (χ0n) is 24.8. The number of piperidine rings is 1. The molecule has 4 rings (SSSR count). The van der Waals surface area contributed by atoms with E-state index < -0.39 is 10.0 Å². The Kier molecular flexibility index (Phi) is 11.6. The molecule has 41 heavy (non-hydrogen) atoms. The van der Waals surface area contributed by atoms with Crippen molar-refractivity contribution in [2.24, 2.45) is 0 Å². The molecule has 2 aromatic rings. The highest BCUT2D eigenvalue weighted by atomic mass is 32.2. The van der Waals surface area contributed by atoms with Crippen molar-refractivity contribution in [3.63, 3.8) is 0 Å². The standard InChI is InChI=1S/C31H46N4O5S/c1-25-20-29(39-3)21-26(2)31(25)41(37,38)35-15-8-7-12-28(35)23-40-24-30(36)32-13-9-14-33-16-18-34(19-17-33)22-27-10-5-4-6-11-27/h4-6,10-11,20-21,28H,7-9,12-19,22-24H2,1-3H3,(H,32,36). The van der Waals surface area contributed by atoms with Crippen molar-refractivity contribution < 1.29 is 22.7 Å². The molecule has 2 aliphatic rings. The lowest BCUT2D eigenvalue weighted by atomic mass is 10.1. The molecular weight excluding hydrogens is 540 g/mol. The zero-order chi connectivity index (χ0) is 29.2. The Bertz CT molecular complexity index is 1210. The molecule has 0 saturated carbocycles. The van der Waals surface area contributed by atoms with E-state index in [2.05, 4.69) is 45.4 Å². The molecule has 0 spiro atoms. The summed E-state index contributed by atoms with van der Waals surface area (Å²) >= 11 is 0. The monoisotopic (exact) mass is 586 g/mol. The van der Waals surface area contributed by atoms with Gasteiger partial charge in [0, 0.05) is 51.9 Å². The summed E-state index contributed by atoms with van der Waals surface area (Å²) < 4.78 is 40.0. The van der Waals surface area contributed by atoms with Gasteiger partial charge in [-0.05, 0) is 68.5 Å². The highest BCUT2D eigenvalue weighted by molar-refractivity contribution is 7.89. The van der Waals surface area contributed by atoms with E-state index in [1.165, 1.54) is 5.56 Å². The van der Waals surface area contributed by atoms with Crippen LogP contribution in [0, 0.1) is 13.8 Å². The predicted molar refractivity (Wildman–Crippen MR) is 161 cm³/mol. The molecule has 2 heterocycles. The second-order valence-corrected chi connectivity index (χ2v) is 13.0. The second-order valence-electron chi connectivity index (χ2n) is 11.2. The van der Waals surface area contributed by atoms with Gasteiger partial charge in [-0.15, -0.1) is 0 Å². The van der Waals surface area contributed by atoms with Crippen molar-refractivity contribution in [3.8, 4) is 5.75 Å². The van der Waals surface area contributed by atoms with Crippen LogP contribution in [0.4, 0.5) is 0 Å². The summed E-state index contributed by atoms with van der Waals surface area (Å²) in [4.78, 5) is 17.7. The minimum Gasteiger partial charge on any atom is -0.497 e. The first-order valence-corrected chi connectivity index (χ1v) is 16.2. The molecule has 0 aliphatic carbocycles. The molecule has 2 saturated heterocycles. The first kappa shape index (κ1) is 31.4. The molecule has 9 nitrogen and oxygen atoms in total. The van der Waals surface area contributed by atoms with Gasteiger partial charge in [-0.2, -0.15) is 4.31 Å². The molecule has 0 aromatic heterocycles. The van der Waals surface area contributed by atoms with E-state index in [-0.39, 0.29) is 25.2 Å². The van der Waals surface area contributed by atoms with Gasteiger partial charge in [-0.3, -0.25) is 9.69 Å². The molecular formula is C31H46N4O5S. The van der Waals surface area contributed by atoms with Crippen molar-refractivity contribution in [3.05, 3.63) is 59.2 Å². The van der Waals surface area contributed by atoms with Crippen LogP contribution in [0.25, 0.3) is 0 Å². The number of aryl methyl sites for hydroxylation is 2. The molecule has 1 atom stereocenters. The number of nitrogens with one attached hydrogen (secondary N) is 1. The van der Waals surface area contributed by atoms with E-state index in [0.717, 1.165) is 58.5 Å². The first-order valence-electron chi connectivity index (χ1n) is 14.8. The van der Waals surface area contributed by atoms with Gasteiger partial charge in [0.15, 0.2) is 0 Å². The SMILES string of the molecule is COc1cc(C)c(S(=O)(=O)N2CCCCC2COCC(=O)NCCCN2CCN(Cc3ccccc3)CC2)c(C)c1. The van der Waals surface area contributed by atoms with Crippen molar-refractivity contribution in [2.45, 2.75) is 57.0 Å². The summed E-state index contributed by atoms with van der Waals surface area (Å²) in [6.07, 6.45) is 3.35. The van der Waals surface area contributed by atoms with Gasteiger partial charge in [0.05, 0.1) is 18.6 Å². The van der Waals surface area contributed by atoms with Crippen LogP contribution in [0.3, 0.4) is 0 Å². The summed E-state index contributed by atoms with van der Waals surface area (Å²) in [5, 5.41) is 2.95. The molecule has 10 heteroatoms. The number of hydrogen-bond acceptors (Lipinski definition) is 7. The maximum absolute atomic E-state index is 13.7. The molecule has 2 fully saturated rings. The molecule has 1 amide bonds. The van der Waals surface area contributed by atoms with E-state index in [1.807, 2.05) is 0 Å². The smallest absolute Gasteiger partial charge is 0.245 e. The normalized spacial score (nSPS) is 19.2. The minimum atomic E-state index is -3.71. The summed E-state index contributed by atoms with van der Waals surface area (Å²) in [5.74, 6) is 0.481. The molecule has 0 bridgehead atoms. The van der Waals surface area contributed by atoms with Gasteiger partial charge in [0.25, 0.3) is 0 Å². The Morgan fingerprint density at radius 2 is 1.66 bits per heavy atom. The fourth-order valence-electron chi connectivity index (χ4n) is 5.89. The van der Waals surface area contributed by atoms with E-state index in [1.54, 1.807) is 37.4 Å². The van der Waals surface area contributed by atoms with Crippen LogP contribution in [0.5, 0.6) is 5.75 Å². The lowest BCUT2D eigenvalue weighted by Crippen LogP contribution is -2.47. The van der Waals surface area contributed by atoms with Crippen LogP contribution in [0.2, 0.25) is 0 Å². The Morgan fingerprint density at radius 1 is 0.976 bits per heavy atom. The van der Waals surface area contributed by atoms with Crippen molar-refractivity contribution >= 4 is 15.9 Å². The number of benzene rings is 2. The van der Waals surface area contributed by atoms with Crippen LogP contribution in [0.1, 0.15) is 42.4 Å².